The second-order valence-corrected chi connectivity index (χ2v) is 8.10. The van der Waals surface area contributed by atoms with E-state index in [1.54, 1.807) is 48.4 Å². The van der Waals surface area contributed by atoms with Gasteiger partial charge in [0.1, 0.15) is 11.8 Å². The molecule has 0 saturated carbocycles. The van der Waals surface area contributed by atoms with Gasteiger partial charge in [0.2, 0.25) is 5.91 Å². The van der Waals surface area contributed by atoms with Gasteiger partial charge >= 0.3 is 0 Å². The molecule has 0 aliphatic carbocycles. The third-order valence-electron chi connectivity index (χ3n) is 6.10. The van der Waals surface area contributed by atoms with Gasteiger partial charge in [0.25, 0.3) is 11.8 Å². The van der Waals surface area contributed by atoms with Crippen LogP contribution in [0.15, 0.2) is 78.9 Å². The van der Waals surface area contributed by atoms with E-state index in [-0.39, 0.29) is 18.2 Å². The number of anilines is 1. The van der Waals surface area contributed by atoms with Crippen molar-refractivity contribution in [3.05, 3.63) is 95.6 Å². The molecule has 1 saturated heterocycles. The van der Waals surface area contributed by atoms with Crippen molar-refractivity contribution in [2.75, 3.05) is 12.0 Å². The second-order valence-electron chi connectivity index (χ2n) is 8.10. The van der Waals surface area contributed by atoms with Crippen molar-refractivity contribution in [1.82, 2.24) is 4.90 Å². The number of carbonyl (C=O) groups excluding carboxylic acids is 3. The summed E-state index contributed by atoms with van der Waals surface area (Å²) in [6.45, 7) is 3.75. The van der Waals surface area contributed by atoms with Crippen molar-refractivity contribution in [3.8, 4) is 5.75 Å². The number of aryl methyl sites for hydroxylation is 1. The van der Waals surface area contributed by atoms with Gasteiger partial charge in [0.05, 0.1) is 25.3 Å². The highest BCUT2D eigenvalue weighted by Crippen LogP contribution is 2.33. The van der Waals surface area contributed by atoms with E-state index in [0.717, 1.165) is 11.1 Å². The van der Waals surface area contributed by atoms with Gasteiger partial charge in [-0.15, -0.1) is 0 Å². The van der Waals surface area contributed by atoms with Gasteiger partial charge in [-0.05, 0) is 55.3 Å². The minimum absolute atomic E-state index is 0.0698. The van der Waals surface area contributed by atoms with Crippen molar-refractivity contribution in [2.45, 2.75) is 32.4 Å². The predicted octanol–water partition coefficient (Wildman–Crippen LogP) is 4.54. The van der Waals surface area contributed by atoms with Gasteiger partial charge in [-0.1, -0.05) is 48.5 Å². The first kappa shape index (κ1) is 22.3. The molecule has 1 aliphatic rings. The zero-order chi connectivity index (χ0) is 23.5. The van der Waals surface area contributed by atoms with E-state index in [1.807, 2.05) is 56.3 Å². The molecule has 1 heterocycles. The smallest absolute Gasteiger partial charge is 0.257 e. The zero-order valence-electron chi connectivity index (χ0n) is 18.9. The van der Waals surface area contributed by atoms with Gasteiger partial charge in [-0.2, -0.15) is 0 Å². The molecule has 3 aromatic carbocycles. The summed E-state index contributed by atoms with van der Waals surface area (Å²) in [6, 6.07) is 22.3. The van der Waals surface area contributed by atoms with Gasteiger partial charge in [-0.3, -0.25) is 14.4 Å². The Labute approximate surface area is 193 Å². The van der Waals surface area contributed by atoms with Gasteiger partial charge in [-0.25, -0.2) is 4.90 Å². The maximum absolute atomic E-state index is 13.8. The fraction of sp³-hybridized carbons (Fsp3) is 0.222. The molecular weight excluding hydrogens is 416 g/mol. The van der Waals surface area contributed by atoms with E-state index in [9.17, 15) is 14.4 Å². The van der Waals surface area contributed by atoms with Crippen molar-refractivity contribution < 1.29 is 19.1 Å². The molecule has 4 rings (SSSR count). The third kappa shape index (κ3) is 4.24. The number of methoxy groups -OCH3 is 1. The van der Waals surface area contributed by atoms with Crippen LogP contribution in [0.3, 0.4) is 0 Å². The number of ether oxygens (including phenoxy) is 1. The van der Waals surface area contributed by atoms with E-state index < -0.39 is 18.0 Å². The van der Waals surface area contributed by atoms with Crippen LogP contribution in [0.1, 0.15) is 40.9 Å². The van der Waals surface area contributed by atoms with Crippen LogP contribution in [-0.4, -0.2) is 35.8 Å². The number of hydrogen-bond acceptors (Lipinski definition) is 4. The average Bonchev–Trinajstić information content (AvgIpc) is 3.13. The Bertz CT molecular complexity index is 1170. The van der Waals surface area contributed by atoms with Crippen molar-refractivity contribution in [2.24, 2.45) is 0 Å². The first-order chi connectivity index (χ1) is 15.9. The summed E-state index contributed by atoms with van der Waals surface area (Å²) in [4.78, 5) is 43.0. The number of nitrogens with zero attached hydrogens (tertiary/aromatic N) is 2. The monoisotopic (exact) mass is 442 g/mol. The summed E-state index contributed by atoms with van der Waals surface area (Å²) in [6.07, 6.45) is -0.0698. The van der Waals surface area contributed by atoms with Crippen molar-refractivity contribution >= 4 is 23.4 Å². The highest BCUT2D eigenvalue weighted by molar-refractivity contribution is 6.23. The lowest BCUT2D eigenvalue weighted by Crippen LogP contribution is -2.47. The summed E-state index contributed by atoms with van der Waals surface area (Å²) in [5, 5.41) is 0. The SMILES string of the molecule is COc1ccc(N2C(=O)CC(N(C(=O)c3ccccc3C)C(C)c3ccccc3)C2=O)cc1. The van der Waals surface area contributed by atoms with Crippen molar-refractivity contribution in [1.29, 1.82) is 0 Å². The Hall–Kier alpha value is -3.93. The summed E-state index contributed by atoms with van der Waals surface area (Å²) in [7, 11) is 1.55. The minimum Gasteiger partial charge on any atom is -0.497 e. The standard InChI is InChI=1S/C27H26N2O4/c1-18-9-7-8-12-23(18)26(31)28(19(2)20-10-5-4-6-11-20)24-17-25(30)29(27(24)32)21-13-15-22(33-3)16-14-21/h4-16,19,24H,17H2,1-3H3. The van der Waals surface area contributed by atoms with Crippen LogP contribution >= 0.6 is 0 Å². The van der Waals surface area contributed by atoms with Gasteiger partial charge in [0.15, 0.2) is 0 Å². The molecule has 6 nitrogen and oxygen atoms in total. The maximum atomic E-state index is 13.8. The number of benzene rings is 3. The Morgan fingerprint density at radius 2 is 1.61 bits per heavy atom. The fourth-order valence-corrected chi connectivity index (χ4v) is 4.27. The molecule has 3 aromatic rings. The Kier molecular flexibility index (Phi) is 6.27. The van der Waals surface area contributed by atoms with Gasteiger partial charge < -0.3 is 9.64 Å². The number of imide groups is 1. The molecule has 33 heavy (non-hydrogen) atoms. The lowest BCUT2D eigenvalue weighted by atomic mass is 10.0. The minimum atomic E-state index is -0.901. The lowest BCUT2D eigenvalue weighted by Gasteiger charge is -2.34. The normalized spacial score (nSPS) is 16.6. The van der Waals surface area contributed by atoms with Gasteiger partial charge in [0, 0.05) is 5.56 Å². The maximum Gasteiger partial charge on any atom is 0.257 e. The molecule has 2 atom stereocenters. The molecule has 0 radical (unpaired) electrons. The molecule has 2 unspecified atom stereocenters. The molecule has 6 heteroatoms. The molecule has 0 N–H and O–H groups in total. The summed E-state index contributed by atoms with van der Waals surface area (Å²) >= 11 is 0. The summed E-state index contributed by atoms with van der Waals surface area (Å²) < 4.78 is 5.18. The van der Waals surface area contributed by atoms with Crippen molar-refractivity contribution in [3.63, 3.8) is 0 Å². The molecule has 168 valence electrons. The quantitative estimate of drug-likeness (QED) is 0.526. The topological polar surface area (TPSA) is 66.9 Å². The third-order valence-corrected chi connectivity index (χ3v) is 6.10. The largest absolute Gasteiger partial charge is 0.497 e. The molecule has 1 aliphatic heterocycles. The molecule has 0 bridgehead atoms. The van der Waals surface area contributed by atoms with Crippen LogP contribution in [0.25, 0.3) is 0 Å². The first-order valence-corrected chi connectivity index (χ1v) is 10.9. The average molecular weight is 443 g/mol. The highest BCUT2D eigenvalue weighted by atomic mass is 16.5. The zero-order valence-corrected chi connectivity index (χ0v) is 18.9. The molecular formula is C27H26N2O4. The second kappa shape index (κ2) is 9.28. The van der Waals surface area contributed by atoms with Crippen LogP contribution in [0.5, 0.6) is 5.75 Å². The number of amides is 3. The van der Waals surface area contributed by atoms with E-state index in [4.69, 9.17) is 4.74 Å². The highest BCUT2D eigenvalue weighted by Gasteiger charge is 2.46. The van der Waals surface area contributed by atoms with Crippen LogP contribution in [-0.2, 0) is 9.59 Å². The fourth-order valence-electron chi connectivity index (χ4n) is 4.27. The molecule has 1 fully saturated rings. The Morgan fingerprint density at radius 1 is 0.970 bits per heavy atom. The Balaban J connectivity index is 1.73. The van der Waals surface area contributed by atoms with E-state index in [1.165, 1.54) is 4.90 Å². The van der Waals surface area contributed by atoms with Crippen LogP contribution in [0, 0.1) is 6.92 Å². The number of hydrogen-bond donors (Lipinski definition) is 0. The summed E-state index contributed by atoms with van der Waals surface area (Å²) in [5.74, 6) is -0.386. The van der Waals surface area contributed by atoms with E-state index in [2.05, 4.69) is 0 Å². The van der Waals surface area contributed by atoms with E-state index >= 15 is 0 Å². The Morgan fingerprint density at radius 3 is 2.24 bits per heavy atom. The van der Waals surface area contributed by atoms with Crippen LogP contribution < -0.4 is 9.64 Å². The number of carbonyl (C=O) groups is 3. The molecule has 3 amide bonds. The predicted molar refractivity (Wildman–Crippen MR) is 126 cm³/mol. The van der Waals surface area contributed by atoms with E-state index in [0.29, 0.717) is 17.0 Å². The van der Waals surface area contributed by atoms with Crippen LogP contribution in [0.4, 0.5) is 5.69 Å². The number of rotatable bonds is 6. The van der Waals surface area contributed by atoms with Crippen LogP contribution in [0.2, 0.25) is 0 Å². The molecule has 0 aromatic heterocycles. The molecule has 0 spiro atoms. The lowest BCUT2D eigenvalue weighted by molar-refractivity contribution is -0.122. The summed E-state index contributed by atoms with van der Waals surface area (Å²) in [5.41, 5.74) is 2.69. The first-order valence-electron chi connectivity index (χ1n) is 10.9.